The van der Waals surface area contributed by atoms with Gasteiger partial charge in [-0.3, -0.25) is 5.32 Å². The van der Waals surface area contributed by atoms with Crippen LogP contribution in [0.25, 0.3) is 22.1 Å². The second-order valence-corrected chi connectivity index (χ2v) is 9.25. The van der Waals surface area contributed by atoms with Gasteiger partial charge in [0.15, 0.2) is 11.4 Å². The second-order valence-electron chi connectivity index (χ2n) is 7.47. The lowest BCUT2D eigenvalue weighted by Crippen LogP contribution is -2.46. The minimum Gasteiger partial charge on any atom is -0.354 e. The van der Waals surface area contributed by atoms with E-state index in [4.69, 9.17) is 4.52 Å². The maximum atomic E-state index is 14.4. The monoisotopic (exact) mass is 490 g/mol. The Balaban J connectivity index is 1.69. The van der Waals surface area contributed by atoms with Crippen molar-refractivity contribution in [3.63, 3.8) is 0 Å². The number of likely N-dealkylation sites (tertiary alicyclic amines) is 1. The van der Waals surface area contributed by atoms with E-state index >= 15 is 0 Å². The van der Waals surface area contributed by atoms with Crippen molar-refractivity contribution in [2.75, 3.05) is 24.7 Å². The molecule has 2 amide bonds. The van der Waals surface area contributed by atoms with Crippen LogP contribution in [0.3, 0.4) is 0 Å². The molecule has 0 aliphatic carbocycles. The zero-order valence-corrected chi connectivity index (χ0v) is 17.5. The Labute approximate surface area is 183 Å². The molecule has 2 heterocycles. The minimum atomic E-state index is -3.98. The highest BCUT2D eigenvalue weighted by atomic mass is 32.2. The Morgan fingerprint density at radius 3 is 2.52 bits per heavy atom. The highest BCUT2D eigenvalue weighted by Crippen LogP contribution is 2.38. The molecule has 1 fully saturated rings. The minimum absolute atomic E-state index is 0.162. The lowest BCUT2D eigenvalue weighted by molar-refractivity contribution is -0.00224. The number of aromatic nitrogens is 1. The SMILES string of the molecule is CS(=O)(=O)N[C@@H]1CN(C(=O)Nc2noc3cc(F)cc(-c4c(F)cccc4F)c23)CC1(F)F. The molecule has 4 rings (SSSR count). The molecule has 1 aliphatic rings. The quantitative estimate of drug-likeness (QED) is 0.546. The van der Waals surface area contributed by atoms with Crippen molar-refractivity contribution < 1.29 is 39.7 Å². The number of carbonyl (C=O) groups is 1. The largest absolute Gasteiger partial charge is 0.354 e. The van der Waals surface area contributed by atoms with Gasteiger partial charge >= 0.3 is 6.03 Å². The van der Waals surface area contributed by atoms with Crippen LogP contribution in [-0.2, 0) is 10.0 Å². The van der Waals surface area contributed by atoms with Gasteiger partial charge in [-0.1, -0.05) is 11.2 Å². The Morgan fingerprint density at radius 1 is 1.21 bits per heavy atom. The van der Waals surface area contributed by atoms with E-state index in [0.717, 1.165) is 30.3 Å². The number of benzene rings is 2. The molecule has 0 spiro atoms. The average Bonchev–Trinajstić information content (AvgIpc) is 3.20. The molecule has 2 aromatic carbocycles. The number of nitrogens with zero attached hydrogens (tertiary/aromatic N) is 2. The van der Waals surface area contributed by atoms with Crippen LogP contribution in [0.1, 0.15) is 0 Å². The molecule has 0 radical (unpaired) electrons. The van der Waals surface area contributed by atoms with Crippen molar-refractivity contribution >= 4 is 32.8 Å². The zero-order chi connectivity index (χ0) is 24.1. The Morgan fingerprint density at radius 2 is 1.88 bits per heavy atom. The fourth-order valence-electron chi connectivity index (χ4n) is 3.58. The molecule has 14 heteroatoms. The van der Waals surface area contributed by atoms with Crippen LogP contribution in [0.5, 0.6) is 0 Å². The Bertz CT molecular complexity index is 1340. The van der Waals surface area contributed by atoms with Gasteiger partial charge in [-0.15, -0.1) is 0 Å². The lowest BCUT2D eigenvalue weighted by Gasteiger charge is -2.16. The van der Waals surface area contributed by atoms with Crippen LogP contribution in [0.15, 0.2) is 34.9 Å². The molecule has 2 N–H and O–H groups in total. The van der Waals surface area contributed by atoms with Crippen LogP contribution in [-0.4, -0.2) is 55.8 Å². The van der Waals surface area contributed by atoms with E-state index in [9.17, 15) is 35.2 Å². The number of halogens is 5. The summed E-state index contributed by atoms with van der Waals surface area (Å²) in [5.74, 6) is -6.89. The van der Waals surface area contributed by atoms with Crippen LogP contribution in [0.4, 0.5) is 32.6 Å². The smallest absolute Gasteiger partial charge is 0.323 e. The normalized spacial score (nSPS) is 18.1. The van der Waals surface area contributed by atoms with Gasteiger partial charge in [0.25, 0.3) is 5.92 Å². The predicted octanol–water partition coefficient (Wildman–Crippen LogP) is 3.31. The third-order valence-electron chi connectivity index (χ3n) is 4.95. The standard InChI is InChI=1S/C19H15F5N4O4S/c1-33(30,31)27-14-7-28(8-19(14,23)24)18(29)25-17-16-10(5-9(20)6-13(16)32-26-17)15-11(21)3-2-4-12(15)22/h2-6,14,27H,7-8H2,1H3,(H,25,26,29)/t14-/m1/s1. The molecule has 8 nitrogen and oxygen atoms in total. The molecule has 33 heavy (non-hydrogen) atoms. The number of anilines is 1. The number of fused-ring (bicyclic) bond motifs is 1. The molecule has 176 valence electrons. The van der Waals surface area contributed by atoms with E-state index < -0.39 is 69.9 Å². The number of hydrogen-bond acceptors (Lipinski definition) is 5. The second kappa shape index (κ2) is 7.95. The Hall–Kier alpha value is -3.26. The van der Waals surface area contributed by atoms with Crippen LogP contribution in [0.2, 0.25) is 0 Å². The summed E-state index contributed by atoms with van der Waals surface area (Å²) >= 11 is 0. The van der Waals surface area contributed by atoms with Gasteiger partial charge in [0.2, 0.25) is 10.0 Å². The molecule has 1 saturated heterocycles. The summed E-state index contributed by atoms with van der Waals surface area (Å²) in [5.41, 5.74) is -1.18. The van der Waals surface area contributed by atoms with Gasteiger partial charge in [-0.05, 0) is 18.2 Å². The maximum absolute atomic E-state index is 14.4. The lowest BCUT2D eigenvalue weighted by atomic mass is 10.00. The number of urea groups is 1. The van der Waals surface area contributed by atoms with Crippen molar-refractivity contribution in [1.82, 2.24) is 14.8 Å². The van der Waals surface area contributed by atoms with Crippen molar-refractivity contribution in [2.24, 2.45) is 0 Å². The van der Waals surface area contributed by atoms with Crippen molar-refractivity contribution in [3.05, 3.63) is 47.8 Å². The number of carbonyl (C=O) groups excluding carboxylic acids is 1. The van der Waals surface area contributed by atoms with Crippen LogP contribution in [0, 0.1) is 17.5 Å². The van der Waals surface area contributed by atoms with Crippen molar-refractivity contribution in [1.29, 1.82) is 0 Å². The summed E-state index contributed by atoms with van der Waals surface area (Å²) in [7, 11) is -3.98. The topological polar surface area (TPSA) is 105 Å². The van der Waals surface area contributed by atoms with E-state index in [-0.39, 0.29) is 16.5 Å². The molecular formula is C19H15F5N4O4S. The van der Waals surface area contributed by atoms with Crippen LogP contribution < -0.4 is 10.0 Å². The number of sulfonamides is 1. The fourth-order valence-corrected chi connectivity index (χ4v) is 4.34. The first-order valence-corrected chi connectivity index (χ1v) is 11.2. The van der Waals surface area contributed by atoms with E-state index in [2.05, 4.69) is 10.5 Å². The zero-order valence-electron chi connectivity index (χ0n) is 16.7. The van der Waals surface area contributed by atoms with E-state index in [0.29, 0.717) is 11.2 Å². The number of nitrogens with one attached hydrogen (secondary N) is 2. The molecular weight excluding hydrogens is 475 g/mol. The average molecular weight is 490 g/mol. The third kappa shape index (κ3) is 4.48. The Kier molecular flexibility index (Phi) is 5.52. The van der Waals surface area contributed by atoms with Crippen LogP contribution >= 0.6 is 0 Å². The maximum Gasteiger partial charge on any atom is 0.323 e. The summed E-state index contributed by atoms with van der Waals surface area (Å²) in [4.78, 5) is 13.2. The number of rotatable bonds is 4. The van der Waals surface area contributed by atoms with Gasteiger partial charge in [-0.25, -0.2) is 39.9 Å². The molecule has 1 atom stereocenters. The molecule has 0 bridgehead atoms. The van der Waals surface area contributed by atoms with Crippen molar-refractivity contribution in [3.8, 4) is 11.1 Å². The first-order valence-electron chi connectivity index (χ1n) is 9.30. The van der Waals surface area contributed by atoms with Gasteiger partial charge in [0, 0.05) is 18.2 Å². The molecule has 1 aliphatic heterocycles. The first-order chi connectivity index (χ1) is 15.4. The molecule has 3 aromatic rings. The summed E-state index contributed by atoms with van der Waals surface area (Å²) in [6, 6.07) is 1.72. The number of hydrogen-bond donors (Lipinski definition) is 2. The summed E-state index contributed by atoms with van der Waals surface area (Å²) in [5, 5.41) is 5.60. The fraction of sp³-hybridized carbons (Fsp3) is 0.263. The first kappa shape index (κ1) is 22.9. The molecule has 0 unspecified atom stereocenters. The third-order valence-corrected chi connectivity index (χ3v) is 5.67. The van der Waals surface area contributed by atoms with Gasteiger partial charge in [-0.2, -0.15) is 0 Å². The van der Waals surface area contributed by atoms with Gasteiger partial charge in [0.05, 0.1) is 23.8 Å². The van der Waals surface area contributed by atoms with Crippen molar-refractivity contribution in [2.45, 2.75) is 12.0 Å². The number of alkyl halides is 2. The molecule has 1 aromatic heterocycles. The summed E-state index contributed by atoms with van der Waals surface area (Å²) < 4.78 is 101. The highest BCUT2D eigenvalue weighted by molar-refractivity contribution is 7.88. The highest BCUT2D eigenvalue weighted by Gasteiger charge is 2.50. The predicted molar refractivity (Wildman–Crippen MR) is 107 cm³/mol. The van der Waals surface area contributed by atoms with E-state index in [1.807, 2.05) is 0 Å². The van der Waals surface area contributed by atoms with E-state index in [1.165, 1.54) is 0 Å². The number of amides is 2. The van der Waals surface area contributed by atoms with E-state index in [1.54, 1.807) is 4.72 Å². The van der Waals surface area contributed by atoms with Gasteiger partial charge < -0.3 is 9.42 Å². The molecule has 0 saturated carbocycles. The summed E-state index contributed by atoms with van der Waals surface area (Å²) in [6.45, 7) is -1.77. The van der Waals surface area contributed by atoms with Gasteiger partial charge in [0.1, 0.15) is 23.5 Å². The summed E-state index contributed by atoms with van der Waals surface area (Å²) in [6.07, 6.45) is 0.704.